The van der Waals surface area contributed by atoms with Crippen LogP contribution in [0.5, 0.6) is 5.75 Å². The summed E-state index contributed by atoms with van der Waals surface area (Å²) in [7, 11) is 0. The summed E-state index contributed by atoms with van der Waals surface area (Å²) >= 11 is 1.75. The van der Waals surface area contributed by atoms with Crippen LogP contribution in [-0.2, 0) is 31.8 Å². The van der Waals surface area contributed by atoms with Crippen molar-refractivity contribution in [1.29, 1.82) is 0 Å². The molecule has 29 heavy (non-hydrogen) atoms. The van der Waals surface area contributed by atoms with Crippen molar-refractivity contribution in [3.8, 4) is 16.9 Å². The van der Waals surface area contributed by atoms with Crippen molar-refractivity contribution in [2.75, 3.05) is 0 Å². The Kier molecular flexibility index (Phi) is 11.8. The van der Waals surface area contributed by atoms with E-state index in [0.717, 1.165) is 12.0 Å². The van der Waals surface area contributed by atoms with E-state index in [1.165, 1.54) is 27.8 Å². The first-order valence-corrected chi connectivity index (χ1v) is 10.2. The molecule has 0 aromatic heterocycles. The van der Waals surface area contributed by atoms with Crippen LogP contribution in [0.1, 0.15) is 43.0 Å². The Bertz CT molecular complexity index is 853. The van der Waals surface area contributed by atoms with Crippen molar-refractivity contribution in [2.24, 2.45) is 0 Å². The van der Waals surface area contributed by atoms with Gasteiger partial charge in [0, 0.05) is 0 Å². The standard InChI is InChI=1S/C13H9.C11H16O.CH2.2ClH.Ti/c1-3-7-12-10(5-1)9-11-6-2-4-8-13(11)12;1-8-5-9(11(2,3)4)7-10(12)6-8;;;;/h1-5,7-8H,9H2;5-7,12H,1-4H3;1H2;2*1H;/q-1;;;;;+1/p-2. The first kappa shape index (κ1) is 27.6. The third-order valence-corrected chi connectivity index (χ3v) is 4.54. The molecule has 0 amide bonds. The SMILES string of the molecule is Cc1cc(O)cc(C(C)(C)C)c1.[CH2]=[Ti+].[Cl-].[Cl-].[c-]1cccc2c1Cc1ccccc1-2. The van der Waals surface area contributed by atoms with Crippen LogP contribution in [0.4, 0.5) is 0 Å². The number of phenolic OH excluding ortho intramolecular Hbond substituents is 1. The molecule has 0 atom stereocenters. The van der Waals surface area contributed by atoms with Gasteiger partial charge in [0.05, 0.1) is 0 Å². The van der Waals surface area contributed by atoms with Crippen molar-refractivity contribution < 1.29 is 49.9 Å². The number of halogens is 2. The van der Waals surface area contributed by atoms with E-state index in [2.05, 4.69) is 74.1 Å². The van der Waals surface area contributed by atoms with Gasteiger partial charge in [0.2, 0.25) is 0 Å². The number of benzene rings is 3. The van der Waals surface area contributed by atoms with Gasteiger partial charge in [0.15, 0.2) is 0 Å². The quantitative estimate of drug-likeness (QED) is 0.289. The normalized spacial score (nSPS) is 10.6. The van der Waals surface area contributed by atoms with Crippen molar-refractivity contribution in [2.45, 2.75) is 39.5 Å². The molecule has 0 bridgehead atoms. The molecule has 1 aliphatic rings. The van der Waals surface area contributed by atoms with Gasteiger partial charge in [-0.3, -0.25) is 0 Å². The second-order valence-corrected chi connectivity index (χ2v) is 7.70. The van der Waals surface area contributed by atoms with Crippen LogP contribution in [0.2, 0.25) is 0 Å². The van der Waals surface area contributed by atoms with Gasteiger partial charge in [0.25, 0.3) is 0 Å². The Morgan fingerprint density at radius 1 is 0.931 bits per heavy atom. The van der Waals surface area contributed by atoms with Gasteiger partial charge >= 0.3 is 24.8 Å². The molecule has 4 rings (SSSR count). The number of hydrogen-bond donors (Lipinski definition) is 1. The van der Waals surface area contributed by atoms with E-state index in [1.807, 2.05) is 19.1 Å². The Labute approximate surface area is 199 Å². The molecule has 3 aromatic carbocycles. The molecule has 0 spiro atoms. The van der Waals surface area contributed by atoms with E-state index < -0.39 is 0 Å². The number of rotatable bonds is 0. The monoisotopic (exact) mass is 461 g/mol. The molecule has 1 N–H and O–H groups in total. The van der Waals surface area contributed by atoms with E-state index in [1.54, 1.807) is 26.0 Å². The van der Waals surface area contributed by atoms with Crippen LogP contribution in [0.15, 0.2) is 60.7 Å². The molecule has 0 unspecified atom stereocenters. The van der Waals surface area contributed by atoms with Crippen molar-refractivity contribution in [3.63, 3.8) is 0 Å². The molecule has 0 heterocycles. The number of fused-ring (bicyclic) bond motifs is 3. The molecule has 3 aromatic rings. The molecule has 0 saturated carbocycles. The number of hydrogen-bond acceptors (Lipinski definition) is 1. The van der Waals surface area contributed by atoms with Crippen LogP contribution in [0.3, 0.4) is 0 Å². The molecular weight excluding hydrogens is 435 g/mol. The first-order valence-electron chi connectivity index (χ1n) is 9.09. The molecule has 153 valence electrons. The van der Waals surface area contributed by atoms with Crippen LogP contribution in [0.25, 0.3) is 11.1 Å². The molecular formula is C25H27Cl2OTi-2. The molecule has 0 fully saturated rings. The zero-order valence-corrected chi connectivity index (χ0v) is 20.5. The van der Waals surface area contributed by atoms with Gasteiger partial charge in [-0.1, -0.05) is 62.2 Å². The Hall–Kier alpha value is -1.38. The third-order valence-electron chi connectivity index (χ3n) is 4.54. The molecule has 1 nitrogen and oxygen atoms in total. The van der Waals surface area contributed by atoms with E-state index >= 15 is 0 Å². The number of aromatic hydroxyl groups is 1. The Balaban J connectivity index is 0.000000471. The molecule has 0 saturated heterocycles. The minimum Gasteiger partial charge on any atom is -1.00 e. The average Bonchev–Trinajstić information content (AvgIpc) is 3.01. The average molecular weight is 462 g/mol. The molecule has 4 heteroatoms. The summed E-state index contributed by atoms with van der Waals surface area (Å²) in [5, 5.41) is 9.36. The summed E-state index contributed by atoms with van der Waals surface area (Å²) in [4.78, 5) is 3.25. The Morgan fingerprint density at radius 3 is 2.17 bits per heavy atom. The third kappa shape index (κ3) is 7.43. The van der Waals surface area contributed by atoms with E-state index in [4.69, 9.17) is 0 Å². The van der Waals surface area contributed by atoms with Gasteiger partial charge in [0.1, 0.15) is 5.75 Å². The summed E-state index contributed by atoms with van der Waals surface area (Å²) in [5.41, 5.74) is 7.92. The maximum atomic E-state index is 9.36. The fraction of sp³-hybridized carbons (Fsp3) is 0.240. The maximum absolute atomic E-state index is 9.36. The number of phenols is 1. The van der Waals surface area contributed by atoms with Crippen LogP contribution in [0, 0.1) is 13.0 Å². The summed E-state index contributed by atoms with van der Waals surface area (Å²) in [6.45, 7) is 8.42. The molecule has 0 aliphatic heterocycles. The van der Waals surface area contributed by atoms with Gasteiger partial charge in [-0.15, -0.1) is 5.56 Å². The zero-order valence-electron chi connectivity index (χ0n) is 17.4. The predicted molar refractivity (Wildman–Crippen MR) is 112 cm³/mol. The van der Waals surface area contributed by atoms with Crippen LogP contribution in [-0.4, -0.2) is 9.92 Å². The van der Waals surface area contributed by atoms with Crippen LogP contribution < -0.4 is 24.8 Å². The maximum Gasteiger partial charge on any atom is -0.0253 e. The Morgan fingerprint density at radius 2 is 1.55 bits per heavy atom. The van der Waals surface area contributed by atoms with E-state index in [-0.39, 0.29) is 30.2 Å². The van der Waals surface area contributed by atoms with E-state index in [0.29, 0.717) is 5.75 Å². The second-order valence-electron chi connectivity index (χ2n) is 7.70. The predicted octanol–water partition coefficient (Wildman–Crippen LogP) is 0.0293. The number of aryl methyl sites for hydroxylation is 1. The summed E-state index contributed by atoms with van der Waals surface area (Å²) in [5.74, 6) is 0.361. The van der Waals surface area contributed by atoms with Crippen LogP contribution >= 0.6 is 0 Å². The first-order chi connectivity index (χ1) is 12.8. The van der Waals surface area contributed by atoms with Gasteiger partial charge < -0.3 is 29.9 Å². The largest absolute Gasteiger partial charge is 1.00 e. The molecule has 0 radical (unpaired) electrons. The van der Waals surface area contributed by atoms with Gasteiger partial charge in [-0.2, -0.15) is 29.8 Å². The smallest absolute Gasteiger partial charge is 0.0253 e. The minimum absolute atomic E-state index is 0. The van der Waals surface area contributed by atoms with Gasteiger partial charge in [-0.05, 0) is 42.0 Å². The minimum atomic E-state index is 0. The van der Waals surface area contributed by atoms with Gasteiger partial charge in [-0.25, -0.2) is 0 Å². The second kappa shape index (κ2) is 12.3. The summed E-state index contributed by atoms with van der Waals surface area (Å²) < 4.78 is 0. The van der Waals surface area contributed by atoms with Crippen molar-refractivity contribution in [3.05, 3.63) is 89.0 Å². The fourth-order valence-electron chi connectivity index (χ4n) is 3.19. The fourth-order valence-corrected chi connectivity index (χ4v) is 3.19. The summed E-state index contributed by atoms with van der Waals surface area (Å²) in [6, 6.07) is 23.8. The van der Waals surface area contributed by atoms with Crippen molar-refractivity contribution >= 4 is 4.82 Å². The van der Waals surface area contributed by atoms with E-state index in [9.17, 15) is 5.11 Å². The topological polar surface area (TPSA) is 20.2 Å². The zero-order chi connectivity index (χ0) is 20.0. The van der Waals surface area contributed by atoms with Crippen molar-refractivity contribution in [1.82, 2.24) is 0 Å². The molecule has 1 aliphatic carbocycles. The summed E-state index contributed by atoms with van der Waals surface area (Å²) in [6.07, 6.45) is 1.05.